The van der Waals surface area contributed by atoms with E-state index in [2.05, 4.69) is 27.9 Å². The third-order valence-electron chi connectivity index (χ3n) is 1.58. The lowest BCUT2D eigenvalue weighted by atomic mass is 10.1. The summed E-state index contributed by atoms with van der Waals surface area (Å²) in [4.78, 5) is 10.4. The average molecular weight is 275 g/mol. The van der Waals surface area contributed by atoms with Gasteiger partial charge in [-0.2, -0.15) is 0 Å². The van der Waals surface area contributed by atoms with Crippen molar-refractivity contribution >= 4 is 28.9 Å². The molecule has 1 aromatic carbocycles. The number of hydrogen-bond donors (Lipinski definition) is 1. The standard InChI is InChI=1S/C9H10INO/c1-11-5-8-3-2-7(6-12)4-9(8)10/h2-4,6,11H,5H2,1H3. The maximum atomic E-state index is 10.4. The number of carbonyl (C=O) groups is 1. The molecule has 0 aromatic heterocycles. The minimum absolute atomic E-state index is 0.735. The van der Waals surface area contributed by atoms with E-state index < -0.39 is 0 Å². The maximum Gasteiger partial charge on any atom is 0.150 e. The van der Waals surface area contributed by atoms with Crippen molar-refractivity contribution < 1.29 is 4.79 Å². The Hall–Kier alpha value is -0.420. The van der Waals surface area contributed by atoms with E-state index in [4.69, 9.17) is 0 Å². The molecule has 0 saturated carbocycles. The molecule has 0 amide bonds. The van der Waals surface area contributed by atoms with E-state index in [-0.39, 0.29) is 0 Å². The third kappa shape index (κ3) is 2.28. The number of rotatable bonds is 3. The summed E-state index contributed by atoms with van der Waals surface area (Å²) < 4.78 is 1.13. The Labute approximate surface area is 85.5 Å². The monoisotopic (exact) mass is 275 g/mol. The summed E-state index contributed by atoms with van der Waals surface area (Å²) in [5.41, 5.74) is 1.96. The van der Waals surface area contributed by atoms with Gasteiger partial charge in [0, 0.05) is 15.7 Å². The van der Waals surface area contributed by atoms with Crippen LogP contribution in [0.15, 0.2) is 18.2 Å². The second-order valence-corrected chi connectivity index (χ2v) is 3.66. The van der Waals surface area contributed by atoms with E-state index in [1.54, 1.807) is 0 Å². The van der Waals surface area contributed by atoms with Crippen molar-refractivity contribution in [1.82, 2.24) is 5.32 Å². The van der Waals surface area contributed by atoms with E-state index in [9.17, 15) is 4.79 Å². The van der Waals surface area contributed by atoms with Crippen LogP contribution >= 0.6 is 22.6 Å². The lowest BCUT2D eigenvalue weighted by molar-refractivity contribution is 0.112. The van der Waals surface area contributed by atoms with Crippen molar-refractivity contribution in [3.05, 3.63) is 32.9 Å². The van der Waals surface area contributed by atoms with Crippen LogP contribution < -0.4 is 5.32 Å². The SMILES string of the molecule is CNCc1ccc(C=O)cc1I. The molecule has 1 N–H and O–H groups in total. The van der Waals surface area contributed by atoms with Gasteiger partial charge in [0.1, 0.15) is 6.29 Å². The highest BCUT2D eigenvalue weighted by atomic mass is 127. The van der Waals surface area contributed by atoms with Crippen LogP contribution in [-0.4, -0.2) is 13.3 Å². The summed E-state index contributed by atoms with van der Waals surface area (Å²) in [6, 6.07) is 5.70. The zero-order valence-corrected chi connectivity index (χ0v) is 8.96. The summed E-state index contributed by atoms with van der Waals surface area (Å²) in [6.07, 6.45) is 0.866. The topological polar surface area (TPSA) is 29.1 Å². The zero-order valence-electron chi connectivity index (χ0n) is 6.80. The van der Waals surface area contributed by atoms with Gasteiger partial charge in [0.15, 0.2) is 0 Å². The summed E-state index contributed by atoms with van der Waals surface area (Å²) in [6.45, 7) is 0.845. The van der Waals surface area contributed by atoms with Crippen LogP contribution in [0, 0.1) is 3.57 Å². The van der Waals surface area contributed by atoms with Crippen molar-refractivity contribution in [3.8, 4) is 0 Å². The van der Waals surface area contributed by atoms with Crippen LogP contribution in [0.4, 0.5) is 0 Å². The highest BCUT2D eigenvalue weighted by Crippen LogP contribution is 2.13. The smallest absolute Gasteiger partial charge is 0.150 e. The van der Waals surface area contributed by atoms with Gasteiger partial charge >= 0.3 is 0 Å². The minimum atomic E-state index is 0.735. The van der Waals surface area contributed by atoms with Crippen LogP contribution in [0.5, 0.6) is 0 Å². The van der Waals surface area contributed by atoms with E-state index in [0.717, 1.165) is 22.0 Å². The van der Waals surface area contributed by atoms with Crippen LogP contribution in [-0.2, 0) is 6.54 Å². The normalized spacial score (nSPS) is 9.83. The molecule has 1 rings (SSSR count). The molecule has 0 saturated heterocycles. The Morgan fingerprint density at radius 3 is 2.83 bits per heavy atom. The van der Waals surface area contributed by atoms with Gasteiger partial charge < -0.3 is 5.32 Å². The molecule has 0 bridgehead atoms. The van der Waals surface area contributed by atoms with E-state index in [1.807, 2.05) is 25.2 Å². The molecule has 3 heteroatoms. The van der Waals surface area contributed by atoms with Gasteiger partial charge in [-0.3, -0.25) is 4.79 Å². The van der Waals surface area contributed by atoms with Gasteiger partial charge in [0.05, 0.1) is 0 Å². The zero-order chi connectivity index (χ0) is 8.97. The summed E-state index contributed by atoms with van der Waals surface area (Å²) in [7, 11) is 1.91. The first-order chi connectivity index (χ1) is 5.77. The molecule has 0 spiro atoms. The van der Waals surface area contributed by atoms with E-state index in [1.165, 1.54) is 5.56 Å². The largest absolute Gasteiger partial charge is 0.316 e. The maximum absolute atomic E-state index is 10.4. The first-order valence-electron chi connectivity index (χ1n) is 3.66. The molecular weight excluding hydrogens is 265 g/mol. The van der Waals surface area contributed by atoms with E-state index in [0.29, 0.717) is 0 Å². The first-order valence-corrected chi connectivity index (χ1v) is 4.74. The Bertz CT molecular complexity index is 286. The van der Waals surface area contributed by atoms with Crippen LogP contribution in [0.1, 0.15) is 15.9 Å². The quantitative estimate of drug-likeness (QED) is 0.673. The Morgan fingerprint density at radius 1 is 1.58 bits per heavy atom. The molecule has 0 aliphatic heterocycles. The van der Waals surface area contributed by atoms with Gasteiger partial charge in [-0.05, 0) is 41.3 Å². The summed E-state index contributed by atoms with van der Waals surface area (Å²) in [5, 5.41) is 3.07. The van der Waals surface area contributed by atoms with Gasteiger partial charge in [0.25, 0.3) is 0 Å². The number of carbonyl (C=O) groups excluding carboxylic acids is 1. The second kappa shape index (κ2) is 4.57. The highest BCUT2D eigenvalue weighted by Gasteiger charge is 1.98. The fourth-order valence-electron chi connectivity index (χ4n) is 0.971. The molecule has 0 heterocycles. The molecule has 1 aromatic rings. The third-order valence-corrected chi connectivity index (χ3v) is 2.58. The first kappa shape index (κ1) is 9.67. The van der Waals surface area contributed by atoms with Crippen molar-refractivity contribution in [3.63, 3.8) is 0 Å². The number of nitrogens with one attached hydrogen (secondary N) is 1. The number of halogens is 1. The lowest BCUT2D eigenvalue weighted by Crippen LogP contribution is -2.06. The molecule has 0 fully saturated rings. The fourth-order valence-corrected chi connectivity index (χ4v) is 1.70. The Kier molecular flexibility index (Phi) is 3.68. The molecule has 0 atom stereocenters. The van der Waals surface area contributed by atoms with Gasteiger partial charge in [-0.25, -0.2) is 0 Å². The van der Waals surface area contributed by atoms with Gasteiger partial charge in [-0.15, -0.1) is 0 Å². The van der Waals surface area contributed by atoms with Crippen molar-refractivity contribution in [1.29, 1.82) is 0 Å². The number of aldehydes is 1. The van der Waals surface area contributed by atoms with Gasteiger partial charge in [0.2, 0.25) is 0 Å². The molecule has 64 valence electrons. The molecule has 0 aliphatic carbocycles. The average Bonchev–Trinajstić information content (AvgIpc) is 2.09. The number of hydrogen-bond acceptors (Lipinski definition) is 2. The Morgan fingerprint density at radius 2 is 2.33 bits per heavy atom. The van der Waals surface area contributed by atoms with Crippen LogP contribution in [0.3, 0.4) is 0 Å². The van der Waals surface area contributed by atoms with Crippen molar-refractivity contribution in [2.45, 2.75) is 6.54 Å². The van der Waals surface area contributed by atoms with Crippen LogP contribution in [0.2, 0.25) is 0 Å². The number of benzene rings is 1. The second-order valence-electron chi connectivity index (χ2n) is 2.50. The predicted molar refractivity (Wildman–Crippen MR) is 57.3 cm³/mol. The molecule has 0 aliphatic rings. The highest BCUT2D eigenvalue weighted by molar-refractivity contribution is 14.1. The Balaban J connectivity index is 2.94. The van der Waals surface area contributed by atoms with Crippen LogP contribution in [0.25, 0.3) is 0 Å². The molecular formula is C9H10INO. The molecule has 2 nitrogen and oxygen atoms in total. The summed E-state index contributed by atoms with van der Waals surface area (Å²) in [5.74, 6) is 0. The lowest BCUT2D eigenvalue weighted by Gasteiger charge is -2.03. The van der Waals surface area contributed by atoms with Crippen molar-refractivity contribution in [2.24, 2.45) is 0 Å². The summed E-state index contributed by atoms with van der Waals surface area (Å²) >= 11 is 2.23. The predicted octanol–water partition coefficient (Wildman–Crippen LogP) is 1.82. The van der Waals surface area contributed by atoms with E-state index >= 15 is 0 Å². The molecule has 12 heavy (non-hydrogen) atoms. The van der Waals surface area contributed by atoms with Gasteiger partial charge in [-0.1, -0.05) is 12.1 Å². The molecule has 0 radical (unpaired) electrons. The fraction of sp³-hybridized carbons (Fsp3) is 0.222. The molecule has 0 unspecified atom stereocenters. The van der Waals surface area contributed by atoms with Crippen molar-refractivity contribution in [2.75, 3.05) is 7.05 Å². The minimum Gasteiger partial charge on any atom is -0.316 e.